The summed E-state index contributed by atoms with van der Waals surface area (Å²) in [6.07, 6.45) is 1.72. The average Bonchev–Trinajstić information content (AvgIpc) is 2.38. The minimum Gasteiger partial charge on any atom is -0.353 e. The van der Waals surface area contributed by atoms with E-state index in [4.69, 9.17) is 0 Å². The molecule has 0 bridgehead atoms. The summed E-state index contributed by atoms with van der Waals surface area (Å²) in [7, 11) is -2.95. The highest BCUT2D eigenvalue weighted by molar-refractivity contribution is 7.91. The summed E-state index contributed by atoms with van der Waals surface area (Å²) in [6.45, 7) is 1.97. The van der Waals surface area contributed by atoms with Gasteiger partial charge in [0.1, 0.15) is 0 Å². The molecule has 1 aromatic carbocycles. The van der Waals surface area contributed by atoms with Gasteiger partial charge in [-0.1, -0.05) is 25.1 Å². The molecule has 96 valence electrons. The molecule has 0 radical (unpaired) electrons. The van der Waals surface area contributed by atoms with Gasteiger partial charge in [-0.2, -0.15) is 0 Å². The van der Waals surface area contributed by atoms with E-state index in [1.54, 1.807) is 13.1 Å². The smallest absolute Gasteiger partial charge is 0.223 e. The van der Waals surface area contributed by atoms with Gasteiger partial charge in [0.2, 0.25) is 5.95 Å². The standard InChI is InChI=1S/C12H15N3O2S/c1-2-18(16,17)8-7-13-12-14-9-10-5-3-4-6-11(10)15-12/h3-6,9H,2,7-8H2,1H3,(H,13,14,15). The van der Waals surface area contributed by atoms with Gasteiger partial charge >= 0.3 is 0 Å². The lowest BCUT2D eigenvalue weighted by Crippen LogP contribution is -2.18. The van der Waals surface area contributed by atoms with E-state index >= 15 is 0 Å². The van der Waals surface area contributed by atoms with Gasteiger partial charge in [-0.25, -0.2) is 18.4 Å². The van der Waals surface area contributed by atoms with Crippen molar-refractivity contribution in [1.29, 1.82) is 0 Å². The van der Waals surface area contributed by atoms with E-state index in [-0.39, 0.29) is 11.5 Å². The minimum absolute atomic E-state index is 0.0969. The first-order valence-corrected chi connectivity index (χ1v) is 7.59. The fourth-order valence-corrected chi connectivity index (χ4v) is 2.22. The van der Waals surface area contributed by atoms with Crippen molar-refractivity contribution in [1.82, 2.24) is 9.97 Å². The quantitative estimate of drug-likeness (QED) is 0.886. The number of anilines is 1. The van der Waals surface area contributed by atoms with Crippen LogP contribution < -0.4 is 5.32 Å². The molecule has 2 aromatic rings. The number of fused-ring (bicyclic) bond motifs is 1. The van der Waals surface area contributed by atoms with E-state index in [1.165, 1.54) is 0 Å². The second-order valence-corrected chi connectivity index (χ2v) is 6.39. The Kier molecular flexibility index (Phi) is 3.76. The summed E-state index contributed by atoms with van der Waals surface area (Å²) in [6, 6.07) is 7.65. The second-order valence-electron chi connectivity index (χ2n) is 3.92. The Hall–Kier alpha value is -1.69. The van der Waals surface area contributed by atoms with Crippen LogP contribution in [-0.2, 0) is 9.84 Å². The van der Waals surface area contributed by atoms with Gasteiger partial charge in [0.05, 0.1) is 11.3 Å². The summed E-state index contributed by atoms with van der Waals surface area (Å²) >= 11 is 0. The van der Waals surface area contributed by atoms with Crippen LogP contribution in [0.4, 0.5) is 5.95 Å². The van der Waals surface area contributed by atoms with E-state index in [1.807, 2.05) is 24.3 Å². The molecule has 0 atom stereocenters. The molecule has 0 saturated carbocycles. The van der Waals surface area contributed by atoms with Crippen LogP contribution in [0.2, 0.25) is 0 Å². The maximum atomic E-state index is 11.3. The van der Waals surface area contributed by atoms with Crippen molar-refractivity contribution in [3.05, 3.63) is 30.5 Å². The monoisotopic (exact) mass is 265 g/mol. The van der Waals surface area contributed by atoms with Crippen LogP contribution in [0, 0.1) is 0 Å². The predicted molar refractivity (Wildman–Crippen MR) is 72.4 cm³/mol. The molecule has 0 fully saturated rings. The van der Waals surface area contributed by atoms with Crippen LogP contribution >= 0.6 is 0 Å². The maximum Gasteiger partial charge on any atom is 0.223 e. The van der Waals surface area contributed by atoms with Crippen molar-refractivity contribution in [3.8, 4) is 0 Å². The van der Waals surface area contributed by atoms with Crippen LogP contribution in [0.15, 0.2) is 30.5 Å². The minimum atomic E-state index is -2.95. The lowest BCUT2D eigenvalue weighted by molar-refractivity contribution is 0.597. The van der Waals surface area contributed by atoms with Crippen molar-refractivity contribution in [2.75, 3.05) is 23.4 Å². The Balaban J connectivity index is 2.04. The summed E-state index contributed by atoms with van der Waals surface area (Å²) in [5, 5.41) is 3.89. The lowest BCUT2D eigenvalue weighted by Gasteiger charge is -2.05. The zero-order valence-electron chi connectivity index (χ0n) is 10.1. The number of benzene rings is 1. The van der Waals surface area contributed by atoms with Crippen LogP contribution in [0.25, 0.3) is 10.9 Å². The van der Waals surface area contributed by atoms with Crippen molar-refractivity contribution in [2.45, 2.75) is 6.92 Å². The molecule has 0 aliphatic heterocycles. The zero-order valence-corrected chi connectivity index (χ0v) is 10.9. The van der Waals surface area contributed by atoms with E-state index in [0.717, 1.165) is 10.9 Å². The normalized spacial score (nSPS) is 11.6. The Bertz CT molecular complexity index is 641. The molecule has 0 saturated heterocycles. The molecular formula is C12H15N3O2S. The molecule has 0 aliphatic carbocycles. The van der Waals surface area contributed by atoms with Gasteiger partial charge in [-0.15, -0.1) is 0 Å². The third-order valence-corrected chi connectivity index (χ3v) is 4.33. The summed E-state index contributed by atoms with van der Waals surface area (Å²) in [4.78, 5) is 8.44. The van der Waals surface area contributed by atoms with Crippen LogP contribution in [0.3, 0.4) is 0 Å². The number of hydrogen-bond donors (Lipinski definition) is 1. The third kappa shape index (κ3) is 3.16. The highest BCUT2D eigenvalue weighted by atomic mass is 32.2. The lowest BCUT2D eigenvalue weighted by atomic mass is 10.2. The van der Waals surface area contributed by atoms with Crippen LogP contribution in [0.5, 0.6) is 0 Å². The van der Waals surface area contributed by atoms with E-state index < -0.39 is 9.84 Å². The van der Waals surface area contributed by atoms with E-state index in [9.17, 15) is 8.42 Å². The fraction of sp³-hybridized carbons (Fsp3) is 0.333. The van der Waals surface area contributed by atoms with Gasteiger partial charge in [-0.05, 0) is 6.07 Å². The second kappa shape index (κ2) is 5.30. The molecule has 0 spiro atoms. The number of rotatable bonds is 5. The van der Waals surface area contributed by atoms with Gasteiger partial charge in [0.25, 0.3) is 0 Å². The number of sulfone groups is 1. The van der Waals surface area contributed by atoms with Gasteiger partial charge in [0.15, 0.2) is 9.84 Å². The summed E-state index contributed by atoms with van der Waals surface area (Å²) in [5.74, 6) is 0.715. The molecule has 2 rings (SSSR count). The molecule has 0 unspecified atom stereocenters. The number of nitrogens with zero attached hydrogens (tertiary/aromatic N) is 2. The zero-order chi connectivity index (χ0) is 13.0. The average molecular weight is 265 g/mol. The maximum absolute atomic E-state index is 11.3. The number of hydrogen-bond acceptors (Lipinski definition) is 5. The largest absolute Gasteiger partial charge is 0.353 e. The molecule has 5 nitrogen and oxygen atoms in total. The molecule has 18 heavy (non-hydrogen) atoms. The summed E-state index contributed by atoms with van der Waals surface area (Å²) < 4.78 is 22.6. The first-order valence-electron chi connectivity index (χ1n) is 5.77. The van der Waals surface area contributed by atoms with Crippen molar-refractivity contribution >= 4 is 26.7 Å². The Morgan fingerprint density at radius 1 is 1.28 bits per heavy atom. The number of nitrogens with one attached hydrogen (secondary N) is 1. The van der Waals surface area contributed by atoms with E-state index in [0.29, 0.717) is 12.5 Å². The third-order valence-electron chi connectivity index (χ3n) is 2.63. The first kappa shape index (κ1) is 12.8. The SMILES string of the molecule is CCS(=O)(=O)CCNc1ncc2ccccc2n1. The topological polar surface area (TPSA) is 72.0 Å². The van der Waals surface area contributed by atoms with Crippen molar-refractivity contribution in [2.24, 2.45) is 0 Å². The van der Waals surface area contributed by atoms with Crippen LogP contribution in [0.1, 0.15) is 6.92 Å². The van der Waals surface area contributed by atoms with Crippen LogP contribution in [-0.4, -0.2) is 36.4 Å². The predicted octanol–water partition coefficient (Wildman–Crippen LogP) is 1.48. The Labute approximate surface area is 106 Å². The fourth-order valence-electron chi connectivity index (χ4n) is 1.52. The molecule has 1 aromatic heterocycles. The molecular weight excluding hydrogens is 250 g/mol. The summed E-state index contributed by atoms with van der Waals surface area (Å²) in [5.41, 5.74) is 0.841. The highest BCUT2D eigenvalue weighted by Crippen LogP contribution is 2.11. The van der Waals surface area contributed by atoms with Gasteiger partial charge in [-0.3, -0.25) is 0 Å². The van der Waals surface area contributed by atoms with Crippen molar-refractivity contribution in [3.63, 3.8) is 0 Å². The molecule has 1 N–H and O–H groups in total. The van der Waals surface area contributed by atoms with Gasteiger partial charge < -0.3 is 5.32 Å². The Morgan fingerprint density at radius 2 is 2.06 bits per heavy atom. The first-order chi connectivity index (χ1) is 8.61. The molecule has 0 amide bonds. The Morgan fingerprint density at radius 3 is 2.83 bits per heavy atom. The number of para-hydroxylation sites is 1. The molecule has 6 heteroatoms. The van der Waals surface area contributed by atoms with Gasteiger partial charge in [0, 0.05) is 23.9 Å². The highest BCUT2D eigenvalue weighted by Gasteiger charge is 2.07. The molecule has 1 heterocycles. The van der Waals surface area contributed by atoms with Crippen molar-refractivity contribution < 1.29 is 8.42 Å². The van der Waals surface area contributed by atoms with E-state index in [2.05, 4.69) is 15.3 Å². The molecule has 0 aliphatic rings. The number of aromatic nitrogens is 2.